The van der Waals surface area contributed by atoms with Crippen LogP contribution in [-0.4, -0.2) is 32.4 Å². The lowest BCUT2D eigenvalue weighted by Crippen LogP contribution is -2.21. The van der Waals surface area contributed by atoms with Gasteiger partial charge in [0.05, 0.1) is 23.3 Å². The number of hydrogen-bond acceptors (Lipinski definition) is 5. The van der Waals surface area contributed by atoms with Gasteiger partial charge in [0, 0.05) is 0 Å². The Hall–Kier alpha value is -3.68. The molecule has 0 saturated heterocycles. The molecule has 4 aromatic carbocycles. The molecule has 0 unspecified atom stereocenters. The highest BCUT2D eigenvalue weighted by Crippen LogP contribution is 2.26. The van der Waals surface area contributed by atoms with Crippen LogP contribution in [0.4, 0.5) is 0 Å². The van der Waals surface area contributed by atoms with Crippen LogP contribution in [0.3, 0.4) is 0 Å². The maximum absolute atomic E-state index is 12.9. The van der Waals surface area contributed by atoms with Crippen molar-refractivity contribution in [3.05, 3.63) is 96.1 Å². The van der Waals surface area contributed by atoms with Gasteiger partial charge in [0.15, 0.2) is 9.84 Å². The molecule has 0 radical (unpaired) electrons. The molecule has 0 aliphatic rings. The van der Waals surface area contributed by atoms with E-state index in [1.54, 1.807) is 36.9 Å². The number of hydrogen-bond donors (Lipinski definition) is 2. The van der Waals surface area contributed by atoms with Crippen molar-refractivity contribution in [1.82, 2.24) is 5.48 Å². The lowest BCUT2D eigenvalue weighted by Gasteiger charge is -2.12. The SMILES string of the molecule is COc1ccc(-c2ccc(S(=O)(=O)CCCc3ccc4ccccc4c3C(=O)NO)cc2)cc1. The van der Waals surface area contributed by atoms with Crippen molar-refractivity contribution in [3.63, 3.8) is 0 Å². The molecule has 0 bridgehead atoms. The first-order chi connectivity index (χ1) is 16.4. The molecule has 2 N–H and O–H groups in total. The Morgan fingerprint density at radius 3 is 2.18 bits per heavy atom. The molecule has 0 fully saturated rings. The Bertz CT molecular complexity index is 1410. The quantitative estimate of drug-likeness (QED) is 0.275. The zero-order valence-corrected chi connectivity index (χ0v) is 19.5. The van der Waals surface area contributed by atoms with E-state index in [9.17, 15) is 18.4 Å². The minimum absolute atomic E-state index is 0.0537. The Morgan fingerprint density at radius 2 is 1.53 bits per heavy atom. The third kappa shape index (κ3) is 4.95. The largest absolute Gasteiger partial charge is 0.497 e. The van der Waals surface area contributed by atoms with Crippen LogP contribution in [-0.2, 0) is 16.3 Å². The molecule has 4 aromatic rings. The number of ether oxygens (including phenoxy) is 1. The van der Waals surface area contributed by atoms with Gasteiger partial charge in [0.2, 0.25) is 0 Å². The van der Waals surface area contributed by atoms with Gasteiger partial charge in [0.25, 0.3) is 5.91 Å². The second-order valence-corrected chi connectivity index (χ2v) is 10.0. The molecule has 0 saturated carbocycles. The van der Waals surface area contributed by atoms with Gasteiger partial charge >= 0.3 is 0 Å². The van der Waals surface area contributed by atoms with Crippen LogP contribution in [0.25, 0.3) is 21.9 Å². The summed E-state index contributed by atoms with van der Waals surface area (Å²) in [7, 11) is -1.88. The monoisotopic (exact) mass is 475 g/mol. The average molecular weight is 476 g/mol. The standard InChI is InChI=1S/C27H25NO5S/c1-33-23-14-10-19(11-15-23)20-12-16-24(17-13-20)34(31,32)18-4-6-22-9-8-21-5-2-3-7-25(21)26(22)27(29)28-30/h2-3,5,7-17,30H,4,6,18H2,1H3,(H,28,29). The Kier molecular flexibility index (Phi) is 6.95. The zero-order valence-electron chi connectivity index (χ0n) is 18.7. The van der Waals surface area contributed by atoms with Crippen LogP contribution >= 0.6 is 0 Å². The van der Waals surface area contributed by atoms with Gasteiger partial charge in [-0.05, 0) is 64.6 Å². The van der Waals surface area contributed by atoms with Crippen molar-refractivity contribution >= 4 is 26.5 Å². The molecule has 0 aliphatic carbocycles. The van der Waals surface area contributed by atoms with Crippen molar-refractivity contribution in [1.29, 1.82) is 0 Å². The van der Waals surface area contributed by atoms with E-state index in [2.05, 4.69) is 0 Å². The normalized spacial score (nSPS) is 11.4. The van der Waals surface area contributed by atoms with E-state index in [4.69, 9.17) is 4.74 Å². The third-order valence-corrected chi connectivity index (χ3v) is 7.66. The van der Waals surface area contributed by atoms with Crippen molar-refractivity contribution < 1.29 is 23.2 Å². The van der Waals surface area contributed by atoms with E-state index in [-0.39, 0.29) is 10.6 Å². The molecule has 34 heavy (non-hydrogen) atoms. The summed E-state index contributed by atoms with van der Waals surface area (Å²) in [6.45, 7) is 0. The molecular weight excluding hydrogens is 450 g/mol. The predicted molar refractivity (Wildman–Crippen MR) is 132 cm³/mol. The van der Waals surface area contributed by atoms with Crippen LogP contribution < -0.4 is 10.2 Å². The maximum Gasteiger partial charge on any atom is 0.275 e. The minimum Gasteiger partial charge on any atom is -0.497 e. The van der Waals surface area contributed by atoms with Gasteiger partial charge in [-0.15, -0.1) is 0 Å². The molecule has 0 spiro atoms. The van der Waals surface area contributed by atoms with E-state index in [1.807, 2.05) is 60.7 Å². The maximum atomic E-state index is 12.9. The molecule has 0 heterocycles. The third-order valence-electron chi connectivity index (χ3n) is 5.84. The summed E-state index contributed by atoms with van der Waals surface area (Å²) in [4.78, 5) is 12.6. The molecule has 0 aliphatic heterocycles. The molecule has 4 rings (SSSR count). The summed E-state index contributed by atoms with van der Waals surface area (Å²) in [5.41, 5.74) is 4.64. The second kappa shape index (κ2) is 10.1. The number of carbonyl (C=O) groups is 1. The Morgan fingerprint density at radius 1 is 0.882 bits per heavy atom. The van der Waals surface area contributed by atoms with Gasteiger partial charge in [0.1, 0.15) is 5.75 Å². The van der Waals surface area contributed by atoms with Crippen LogP contribution in [0.1, 0.15) is 22.3 Å². The van der Waals surface area contributed by atoms with Crippen LogP contribution in [0.5, 0.6) is 5.75 Å². The highest BCUT2D eigenvalue weighted by molar-refractivity contribution is 7.91. The van der Waals surface area contributed by atoms with Crippen molar-refractivity contribution in [2.24, 2.45) is 0 Å². The van der Waals surface area contributed by atoms with Gasteiger partial charge in [-0.25, -0.2) is 13.9 Å². The molecular formula is C27H25NO5S. The van der Waals surface area contributed by atoms with Crippen molar-refractivity contribution in [3.8, 4) is 16.9 Å². The fraction of sp³-hybridized carbons (Fsp3) is 0.148. The first-order valence-corrected chi connectivity index (χ1v) is 12.5. The fourth-order valence-corrected chi connectivity index (χ4v) is 5.37. The molecule has 0 aromatic heterocycles. The number of amides is 1. The van der Waals surface area contributed by atoms with E-state index < -0.39 is 15.7 Å². The highest BCUT2D eigenvalue weighted by atomic mass is 32.2. The number of methoxy groups -OCH3 is 1. The number of nitrogens with one attached hydrogen (secondary N) is 1. The first-order valence-electron chi connectivity index (χ1n) is 10.9. The number of hydroxylamine groups is 1. The number of aryl methyl sites for hydroxylation is 1. The number of benzene rings is 4. The van der Waals surface area contributed by atoms with Crippen molar-refractivity contribution in [2.75, 3.05) is 12.9 Å². The van der Waals surface area contributed by atoms with Gasteiger partial charge < -0.3 is 4.74 Å². The van der Waals surface area contributed by atoms with E-state index in [0.717, 1.165) is 22.3 Å². The number of carbonyl (C=O) groups excluding carboxylic acids is 1. The fourth-order valence-electron chi connectivity index (χ4n) is 4.06. The second-order valence-electron chi connectivity index (χ2n) is 7.94. The molecule has 6 nitrogen and oxygen atoms in total. The first kappa shape index (κ1) is 23.5. The topological polar surface area (TPSA) is 92.7 Å². The van der Waals surface area contributed by atoms with Gasteiger partial charge in [-0.1, -0.05) is 60.7 Å². The molecule has 1 amide bonds. The van der Waals surface area contributed by atoms with Crippen molar-refractivity contribution in [2.45, 2.75) is 17.7 Å². The predicted octanol–water partition coefficient (Wildman–Crippen LogP) is 5.04. The summed E-state index contributed by atoms with van der Waals surface area (Å²) >= 11 is 0. The lowest BCUT2D eigenvalue weighted by molar-refractivity contribution is 0.0707. The van der Waals surface area contributed by atoms with E-state index >= 15 is 0 Å². The number of sulfone groups is 1. The number of fused-ring (bicyclic) bond motifs is 1. The van der Waals surface area contributed by atoms with Crippen LogP contribution in [0, 0.1) is 0 Å². The summed E-state index contributed by atoms with van der Waals surface area (Å²) in [5.74, 6) is 0.0970. The van der Waals surface area contributed by atoms with Crippen LogP contribution in [0.2, 0.25) is 0 Å². The average Bonchev–Trinajstić information content (AvgIpc) is 2.88. The van der Waals surface area contributed by atoms with Gasteiger partial charge in [-0.3, -0.25) is 10.0 Å². The summed E-state index contributed by atoms with van der Waals surface area (Å²) in [5, 5.41) is 10.8. The highest BCUT2D eigenvalue weighted by Gasteiger charge is 2.18. The lowest BCUT2D eigenvalue weighted by atomic mass is 9.96. The van der Waals surface area contributed by atoms with Crippen LogP contribution in [0.15, 0.2) is 89.8 Å². The summed E-state index contributed by atoms with van der Waals surface area (Å²) < 4.78 is 31.0. The Labute approximate surface area is 198 Å². The Balaban J connectivity index is 1.48. The summed E-state index contributed by atoms with van der Waals surface area (Å²) in [6.07, 6.45) is 0.726. The summed E-state index contributed by atoms with van der Waals surface area (Å²) in [6, 6.07) is 25.5. The smallest absolute Gasteiger partial charge is 0.275 e. The molecule has 7 heteroatoms. The number of rotatable bonds is 8. The molecule has 0 atom stereocenters. The zero-order chi connectivity index (χ0) is 24.1. The van der Waals surface area contributed by atoms with E-state index in [1.165, 1.54) is 0 Å². The van der Waals surface area contributed by atoms with Gasteiger partial charge in [-0.2, -0.15) is 0 Å². The van der Waals surface area contributed by atoms with E-state index in [0.29, 0.717) is 29.4 Å². The molecule has 174 valence electrons. The minimum atomic E-state index is -3.49.